The molecule has 0 aliphatic heterocycles. The fraction of sp³-hybridized carbons (Fsp3) is 0.0769. The van der Waals surface area contributed by atoms with Crippen molar-refractivity contribution in [3.8, 4) is 0 Å². The predicted octanol–water partition coefficient (Wildman–Crippen LogP) is 2.59. The molecule has 0 atom stereocenters. The maximum Gasteiger partial charge on any atom is 0.255 e. The third-order valence-electron chi connectivity index (χ3n) is 2.47. The largest absolute Gasteiger partial charge is 0.329 e. The third-order valence-corrected chi connectivity index (χ3v) is 2.87. The van der Waals surface area contributed by atoms with Crippen molar-refractivity contribution in [1.82, 2.24) is 4.98 Å². The number of hydrogen-bond donors (Lipinski definition) is 2. The Bertz CT molecular complexity index is 649. The van der Waals surface area contributed by atoms with Gasteiger partial charge in [-0.25, -0.2) is 0 Å². The molecule has 1 amide bonds. The average Bonchev–Trinajstić information content (AvgIpc) is 2.34. The van der Waals surface area contributed by atoms with E-state index >= 15 is 0 Å². The maximum absolute atomic E-state index is 11.9. The summed E-state index contributed by atoms with van der Waals surface area (Å²) in [6.45, 7) is 1.88. The summed E-state index contributed by atoms with van der Waals surface area (Å²) in [5.74, 6) is -0.346. The Kier molecular flexibility index (Phi) is 3.48. The quantitative estimate of drug-likeness (QED) is 0.874. The van der Waals surface area contributed by atoms with E-state index in [1.165, 1.54) is 18.3 Å². The van der Waals surface area contributed by atoms with Crippen LogP contribution >= 0.6 is 11.6 Å². The minimum Gasteiger partial charge on any atom is -0.329 e. The molecule has 2 N–H and O–H groups in total. The van der Waals surface area contributed by atoms with Gasteiger partial charge in [0.2, 0.25) is 5.56 Å². The van der Waals surface area contributed by atoms with Crippen LogP contribution in [0.15, 0.2) is 41.3 Å². The molecule has 0 saturated heterocycles. The van der Waals surface area contributed by atoms with Crippen LogP contribution in [0.25, 0.3) is 0 Å². The van der Waals surface area contributed by atoms with Crippen LogP contribution < -0.4 is 10.9 Å². The van der Waals surface area contributed by atoms with E-state index in [4.69, 9.17) is 11.6 Å². The van der Waals surface area contributed by atoms with Crippen molar-refractivity contribution in [3.63, 3.8) is 0 Å². The number of carbonyl (C=O) groups is 1. The summed E-state index contributed by atoms with van der Waals surface area (Å²) in [5.41, 5.74) is 1.52. The van der Waals surface area contributed by atoms with Crippen molar-refractivity contribution in [2.75, 3.05) is 5.32 Å². The Morgan fingerprint density at radius 1 is 1.28 bits per heavy atom. The minimum atomic E-state index is -0.346. The van der Waals surface area contributed by atoms with Crippen molar-refractivity contribution in [2.24, 2.45) is 0 Å². The lowest BCUT2D eigenvalue weighted by Gasteiger charge is -2.06. The van der Waals surface area contributed by atoms with Gasteiger partial charge in [0.05, 0.1) is 0 Å². The van der Waals surface area contributed by atoms with Crippen LogP contribution in [0.2, 0.25) is 5.02 Å². The fourth-order valence-electron chi connectivity index (χ4n) is 1.46. The molecule has 2 rings (SSSR count). The number of benzene rings is 1. The van der Waals surface area contributed by atoms with Crippen LogP contribution in [0.5, 0.6) is 0 Å². The number of halogens is 1. The Morgan fingerprint density at radius 2 is 2.06 bits per heavy atom. The van der Waals surface area contributed by atoms with Gasteiger partial charge in [0.25, 0.3) is 5.91 Å². The molecule has 0 saturated carbocycles. The van der Waals surface area contributed by atoms with E-state index in [0.717, 1.165) is 5.56 Å². The first kappa shape index (κ1) is 12.4. The lowest BCUT2D eigenvalue weighted by atomic mass is 10.2. The Balaban J connectivity index is 2.21. The highest BCUT2D eigenvalue weighted by atomic mass is 35.5. The first-order chi connectivity index (χ1) is 8.56. The smallest absolute Gasteiger partial charge is 0.255 e. The molecule has 0 unspecified atom stereocenters. The summed E-state index contributed by atoms with van der Waals surface area (Å²) in [6, 6.07) is 8.02. The summed E-state index contributed by atoms with van der Waals surface area (Å²) >= 11 is 5.96. The molecule has 0 radical (unpaired) electrons. The van der Waals surface area contributed by atoms with Gasteiger partial charge in [-0.15, -0.1) is 0 Å². The minimum absolute atomic E-state index is 0.301. The topological polar surface area (TPSA) is 62.0 Å². The van der Waals surface area contributed by atoms with Crippen LogP contribution in [0.4, 0.5) is 5.69 Å². The summed E-state index contributed by atoms with van der Waals surface area (Å²) in [7, 11) is 0. The molecule has 0 aliphatic carbocycles. The highest BCUT2D eigenvalue weighted by Gasteiger charge is 2.07. The van der Waals surface area contributed by atoms with Gasteiger partial charge in [-0.1, -0.05) is 17.7 Å². The summed E-state index contributed by atoms with van der Waals surface area (Å²) < 4.78 is 0. The van der Waals surface area contributed by atoms with Gasteiger partial charge < -0.3 is 10.3 Å². The van der Waals surface area contributed by atoms with Crippen LogP contribution in [0.1, 0.15) is 15.9 Å². The van der Waals surface area contributed by atoms with E-state index in [2.05, 4.69) is 10.3 Å². The SMILES string of the molecule is Cc1ccc(NC(=O)c2cc[nH]c(=O)c2)cc1Cl. The van der Waals surface area contributed by atoms with E-state index in [-0.39, 0.29) is 11.5 Å². The summed E-state index contributed by atoms with van der Waals surface area (Å²) in [5, 5.41) is 3.26. The van der Waals surface area contributed by atoms with Crippen LogP contribution in [0.3, 0.4) is 0 Å². The maximum atomic E-state index is 11.9. The third kappa shape index (κ3) is 2.78. The monoisotopic (exact) mass is 262 g/mol. The van der Waals surface area contributed by atoms with Gasteiger partial charge in [-0.3, -0.25) is 9.59 Å². The number of aromatic nitrogens is 1. The highest BCUT2D eigenvalue weighted by Crippen LogP contribution is 2.20. The van der Waals surface area contributed by atoms with Gasteiger partial charge in [0.15, 0.2) is 0 Å². The molecule has 0 spiro atoms. The zero-order chi connectivity index (χ0) is 13.1. The van der Waals surface area contributed by atoms with Crippen LogP contribution in [-0.4, -0.2) is 10.9 Å². The molecule has 18 heavy (non-hydrogen) atoms. The zero-order valence-corrected chi connectivity index (χ0v) is 10.4. The molecule has 0 fully saturated rings. The average molecular weight is 263 g/mol. The summed E-state index contributed by atoms with van der Waals surface area (Å²) in [6.07, 6.45) is 1.43. The van der Waals surface area contributed by atoms with Crippen molar-refractivity contribution in [3.05, 3.63) is 63.0 Å². The highest BCUT2D eigenvalue weighted by molar-refractivity contribution is 6.31. The molecule has 4 nitrogen and oxygen atoms in total. The molecule has 5 heteroatoms. The van der Waals surface area contributed by atoms with E-state index in [9.17, 15) is 9.59 Å². The number of amides is 1. The van der Waals surface area contributed by atoms with E-state index in [1.54, 1.807) is 12.1 Å². The van der Waals surface area contributed by atoms with Gasteiger partial charge in [-0.05, 0) is 30.7 Å². The normalized spacial score (nSPS) is 10.1. The fourth-order valence-corrected chi connectivity index (χ4v) is 1.64. The Hall–Kier alpha value is -2.07. The lowest BCUT2D eigenvalue weighted by molar-refractivity contribution is 0.102. The number of hydrogen-bond acceptors (Lipinski definition) is 2. The van der Waals surface area contributed by atoms with Gasteiger partial charge in [0, 0.05) is 28.5 Å². The second-order valence-corrected chi connectivity index (χ2v) is 4.27. The number of aromatic amines is 1. The van der Waals surface area contributed by atoms with E-state index in [1.807, 2.05) is 13.0 Å². The van der Waals surface area contributed by atoms with Gasteiger partial charge in [0.1, 0.15) is 0 Å². The number of rotatable bonds is 2. The number of H-pyrrole nitrogens is 1. The number of aryl methyl sites for hydroxylation is 1. The Labute approximate surface area is 109 Å². The van der Waals surface area contributed by atoms with Crippen molar-refractivity contribution < 1.29 is 4.79 Å². The van der Waals surface area contributed by atoms with Crippen molar-refractivity contribution >= 4 is 23.2 Å². The Morgan fingerprint density at radius 3 is 2.72 bits per heavy atom. The van der Waals surface area contributed by atoms with Crippen molar-refractivity contribution in [2.45, 2.75) is 6.92 Å². The number of nitrogens with one attached hydrogen (secondary N) is 2. The number of anilines is 1. The first-order valence-corrected chi connectivity index (χ1v) is 5.70. The second-order valence-electron chi connectivity index (χ2n) is 3.86. The molecule has 0 aliphatic rings. The first-order valence-electron chi connectivity index (χ1n) is 5.32. The predicted molar refractivity (Wildman–Crippen MR) is 71.2 cm³/mol. The molecule has 92 valence electrons. The summed E-state index contributed by atoms with van der Waals surface area (Å²) in [4.78, 5) is 25.4. The molecule has 1 aromatic heterocycles. The molecule has 1 heterocycles. The molecular formula is C13H11ClN2O2. The van der Waals surface area contributed by atoms with Gasteiger partial charge >= 0.3 is 0 Å². The molecule has 0 bridgehead atoms. The van der Waals surface area contributed by atoms with E-state index in [0.29, 0.717) is 16.3 Å². The second kappa shape index (κ2) is 5.06. The van der Waals surface area contributed by atoms with Crippen LogP contribution in [-0.2, 0) is 0 Å². The number of pyridine rings is 1. The van der Waals surface area contributed by atoms with Crippen LogP contribution in [0, 0.1) is 6.92 Å². The zero-order valence-electron chi connectivity index (χ0n) is 9.66. The lowest BCUT2D eigenvalue weighted by Crippen LogP contribution is -2.15. The molecular weight excluding hydrogens is 252 g/mol. The van der Waals surface area contributed by atoms with Crippen molar-refractivity contribution in [1.29, 1.82) is 0 Å². The molecule has 1 aromatic carbocycles. The number of carbonyl (C=O) groups excluding carboxylic acids is 1. The van der Waals surface area contributed by atoms with Gasteiger partial charge in [-0.2, -0.15) is 0 Å². The molecule has 2 aromatic rings. The standard InChI is InChI=1S/C13H11ClN2O2/c1-8-2-3-10(7-11(8)14)16-13(18)9-4-5-15-12(17)6-9/h2-7H,1H3,(H,15,17)(H,16,18). The van der Waals surface area contributed by atoms with E-state index < -0.39 is 0 Å².